The molecule has 1 unspecified atom stereocenters. The lowest BCUT2D eigenvalue weighted by atomic mass is 9.98. The van der Waals surface area contributed by atoms with E-state index in [9.17, 15) is 8.78 Å². The molecule has 0 saturated carbocycles. The van der Waals surface area contributed by atoms with Gasteiger partial charge in [-0.1, -0.05) is 36.7 Å². The Labute approximate surface area is 136 Å². The second kappa shape index (κ2) is 7.34. The van der Waals surface area contributed by atoms with Gasteiger partial charge in [-0.25, -0.2) is 8.78 Å². The maximum absolute atomic E-state index is 14.2. The summed E-state index contributed by atoms with van der Waals surface area (Å²) in [6.07, 6.45) is 0.888. The van der Waals surface area contributed by atoms with Gasteiger partial charge in [0.15, 0.2) is 0 Å². The summed E-state index contributed by atoms with van der Waals surface area (Å²) >= 11 is 9.04. The molecule has 21 heavy (non-hydrogen) atoms. The minimum absolute atomic E-state index is 0.337. The summed E-state index contributed by atoms with van der Waals surface area (Å²) < 4.78 is 28.3. The number of rotatable bonds is 5. The van der Waals surface area contributed by atoms with E-state index in [0.29, 0.717) is 27.2 Å². The van der Waals surface area contributed by atoms with Gasteiger partial charge in [-0.2, -0.15) is 0 Å². The quantitative estimate of drug-likeness (QED) is 0.732. The molecule has 0 aliphatic heterocycles. The van der Waals surface area contributed by atoms with Crippen molar-refractivity contribution in [3.8, 4) is 0 Å². The topological polar surface area (TPSA) is 12.0 Å². The molecule has 2 rings (SSSR count). The Morgan fingerprint density at radius 1 is 1.14 bits per heavy atom. The zero-order valence-corrected chi connectivity index (χ0v) is 13.8. The highest BCUT2D eigenvalue weighted by Gasteiger charge is 2.21. The number of hydrogen-bond donors (Lipinski definition) is 1. The molecular formula is C16H15BrClF2N. The lowest BCUT2D eigenvalue weighted by molar-refractivity contribution is 0.540. The van der Waals surface area contributed by atoms with Crippen molar-refractivity contribution in [2.75, 3.05) is 6.54 Å². The van der Waals surface area contributed by atoms with E-state index in [0.717, 1.165) is 6.42 Å². The predicted octanol–water partition coefficient (Wildman–Crippen LogP) is 5.47. The zero-order chi connectivity index (χ0) is 15.4. The maximum Gasteiger partial charge on any atom is 0.137 e. The van der Waals surface area contributed by atoms with Crippen molar-refractivity contribution in [2.24, 2.45) is 0 Å². The summed E-state index contributed by atoms with van der Waals surface area (Å²) in [5, 5.41) is 3.59. The first-order valence-corrected chi connectivity index (χ1v) is 7.84. The van der Waals surface area contributed by atoms with E-state index in [4.69, 9.17) is 11.6 Å². The van der Waals surface area contributed by atoms with Gasteiger partial charge >= 0.3 is 0 Å². The van der Waals surface area contributed by atoms with E-state index in [1.165, 1.54) is 12.1 Å². The summed E-state index contributed by atoms with van der Waals surface area (Å²) in [7, 11) is 0. The van der Waals surface area contributed by atoms with Crippen LogP contribution in [0.4, 0.5) is 8.78 Å². The Morgan fingerprint density at radius 2 is 1.90 bits per heavy atom. The molecule has 0 saturated heterocycles. The van der Waals surface area contributed by atoms with E-state index >= 15 is 0 Å². The molecule has 2 aromatic carbocycles. The van der Waals surface area contributed by atoms with Crippen LogP contribution in [0.15, 0.2) is 40.9 Å². The SMILES string of the molecule is CCCNC(c1ccc(Cl)cc1F)c1cccc(F)c1Br. The normalized spacial score (nSPS) is 12.4. The molecule has 0 aliphatic carbocycles. The molecule has 5 heteroatoms. The predicted molar refractivity (Wildman–Crippen MR) is 85.6 cm³/mol. The summed E-state index contributed by atoms with van der Waals surface area (Å²) in [6, 6.07) is 8.84. The average molecular weight is 375 g/mol. The number of benzene rings is 2. The molecule has 0 heterocycles. The van der Waals surface area contributed by atoms with Gasteiger partial charge in [0.05, 0.1) is 10.5 Å². The molecule has 1 atom stereocenters. The standard InChI is InChI=1S/C16H15BrClF2N/c1-2-8-21-16(11-7-6-10(18)9-14(11)20)12-4-3-5-13(19)15(12)17/h3-7,9,16,21H,2,8H2,1H3. The molecular weight excluding hydrogens is 360 g/mol. The first-order chi connectivity index (χ1) is 10.0. The molecule has 0 fully saturated rings. The highest BCUT2D eigenvalue weighted by atomic mass is 79.9. The summed E-state index contributed by atoms with van der Waals surface area (Å²) in [5.41, 5.74) is 1.10. The average Bonchev–Trinajstić information content (AvgIpc) is 2.45. The van der Waals surface area contributed by atoms with Crippen molar-refractivity contribution in [2.45, 2.75) is 19.4 Å². The largest absolute Gasteiger partial charge is 0.306 e. The number of halogens is 4. The van der Waals surface area contributed by atoms with E-state index in [1.54, 1.807) is 24.3 Å². The Kier molecular flexibility index (Phi) is 5.73. The third-order valence-electron chi connectivity index (χ3n) is 3.16. The van der Waals surface area contributed by atoms with E-state index in [2.05, 4.69) is 21.2 Å². The summed E-state index contributed by atoms with van der Waals surface area (Å²) in [4.78, 5) is 0. The van der Waals surface area contributed by atoms with Gasteiger partial charge < -0.3 is 5.32 Å². The van der Waals surface area contributed by atoms with Gasteiger partial charge in [-0.15, -0.1) is 0 Å². The van der Waals surface area contributed by atoms with Crippen LogP contribution in [0, 0.1) is 11.6 Å². The Hall–Kier alpha value is -0.970. The van der Waals surface area contributed by atoms with Gasteiger partial charge in [0.2, 0.25) is 0 Å². The fraction of sp³-hybridized carbons (Fsp3) is 0.250. The molecule has 0 aliphatic rings. The zero-order valence-electron chi connectivity index (χ0n) is 11.5. The molecule has 0 aromatic heterocycles. The van der Waals surface area contributed by atoms with E-state index in [1.807, 2.05) is 6.92 Å². The van der Waals surface area contributed by atoms with Crippen LogP contribution < -0.4 is 5.32 Å². The second-order valence-corrected chi connectivity index (χ2v) is 5.93. The Morgan fingerprint density at radius 3 is 2.57 bits per heavy atom. The molecule has 0 bridgehead atoms. The van der Waals surface area contributed by atoms with Crippen molar-refractivity contribution in [3.05, 3.63) is 68.7 Å². The minimum atomic E-state index is -0.438. The highest BCUT2D eigenvalue weighted by Crippen LogP contribution is 2.32. The van der Waals surface area contributed by atoms with Crippen LogP contribution in [0.2, 0.25) is 5.02 Å². The van der Waals surface area contributed by atoms with Crippen molar-refractivity contribution >= 4 is 27.5 Å². The van der Waals surface area contributed by atoms with Crippen LogP contribution >= 0.6 is 27.5 Å². The van der Waals surface area contributed by atoms with E-state index < -0.39 is 11.9 Å². The van der Waals surface area contributed by atoms with Crippen LogP contribution in [0.5, 0.6) is 0 Å². The van der Waals surface area contributed by atoms with Crippen LogP contribution in [-0.2, 0) is 0 Å². The van der Waals surface area contributed by atoms with Crippen molar-refractivity contribution in [1.82, 2.24) is 5.32 Å². The smallest absolute Gasteiger partial charge is 0.137 e. The summed E-state index contributed by atoms with van der Waals surface area (Å²) in [6.45, 7) is 2.71. The monoisotopic (exact) mass is 373 g/mol. The van der Waals surface area contributed by atoms with Crippen LogP contribution in [0.3, 0.4) is 0 Å². The fourth-order valence-electron chi connectivity index (χ4n) is 2.16. The highest BCUT2D eigenvalue weighted by molar-refractivity contribution is 9.10. The number of hydrogen-bond acceptors (Lipinski definition) is 1. The lowest BCUT2D eigenvalue weighted by Gasteiger charge is -2.21. The van der Waals surface area contributed by atoms with Gasteiger partial charge in [0.1, 0.15) is 11.6 Å². The van der Waals surface area contributed by atoms with Gasteiger partial charge in [-0.05, 0) is 52.7 Å². The van der Waals surface area contributed by atoms with Gasteiger partial charge in [0, 0.05) is 10.6 Å². The maximum atomic E-state index is 14.2. The molecule has 0 amide bonds. The minimum Gasteiger partial charge on any atom is -0.306 e. The molecule has 112 valence electrons. The van der Waals surface area contributed by atoms with E-state index in [-0.39, 0.29) is 5.82 Å². The molecule has 0 radical (unpaired) electrons. The molecule has 0 spiro atoms. The van der Waals surface area contributed by atoms with Gasteiger partial charge in [-0.3, -0.25) is 0 Å². The first-order valence-electron chi connectivity index (χ1n) is 6.66. The third-order valence-corrected chi connectivity index (χ3v) is 4.24. The van der Waals surface area contributed by atoms with Crippen LogP contribution in [0.25, 0.3) is 0 Å². The number of nitrogens with one attached hydrogen (secondary N) is 1. The third kappa shape index (κ3) is 3.82. The Balaban J connectivity index is 2.49. The molecule has 1 N–H and O–H groups in total. The van der Waals surface area contributed by atoms with Crippen molar-refractivity contribution in [3.63, 3.8) is 0 Å². The fourth-order valence-corrected chi connectivity index (χ4v) is 2.81. The van der Waals surface area contributed by atoms with Crippen LogP contribution in [-0.4, -0.2) is 6.54 Å². The first kappa shape index (κ1) is 16.4. The Bertz CT molecular complexity index is 634. The van der Waals surface area contributed by atoms with Gasteiger partial charge in [0.25, 0.3) is 0 Å². The molecule has 1 nitrogen and oxygen atoms in total. The summed E-state index contributed by atoms with van der Waals surface area (Å²) in [5.74, 6) is -0.780. The van der Waals surface area contributed by atoms with Crippen LogP contribution in [0.1, 0.15) is 30.5 Å². The second-order valence-electron chi connectivity index (χ2n) is 4.70. The molecule has 2 aromatic rings. The van der Waals surface area contributed by atoms with Crippen molar-refractivity contribution < 1.29 is 8.78 Å². The van der Waals surface area contributed by atoms with Crippen molar-refractivity contribution in [1.29, 1.82) is 0 Å². The lowest BCUT2D eigenvalue weighted by Crippen LogP contribution is -2.24.